The number of nitrogens with zero attached hydrogens (tertiary/aromatic N) is 1. The molecule has 0 radical (unpaired) electrons. The van der Waals surface area contributed by atoms with E-state index in [4.69, 9.17) is 0 Å². The Morgan fingerprint density at radius 2 is 1.81 bits per heavy atom. The predicted molar refractivity (Wildman–Crippen MR) is 68.0 cm³/mol. The summed E-state index contributed by atoms with van der Waals surface area (Å²) < 4.78 is 12.8. The lowest BCUT2D eigenvalue weighted by Gasteiger charge is -2.28. The molecular weight excluding hydrogens is 269 g/mol. The van der Waals surface area contributed by atoms with E-state index in [0.717, 1.165) is 38.0 Å². The van der Waals surface area contributed by atoms with Crippen LogP contribution >= 0.6 is 15.9 Å². The molecule has 2 rings (SSSR count). The van der Waals surface area contributed by atoms with Crippen LogP contribution in [-0.2, 0) is 6.54 Å². The van der Waals surface area contributed by atoms with Crippen LogP contribution in [0, 0.1) is 0 Å². The zero-order valence-electron chi connectivity index (χ0n) is 9.13. The first-order valence-corrected chi connectivity index (χ1v) is 6.34. The molecule has 0 spiro atoms. The number of likely N-dealkylation sites (tertiary alicyclic amines) is 1. The molecule has 0 N–H and O–H groups in total. The summed E-state index contributed by atoms with van der Waals surface area (Å²) in [6.45, 7) is 2.87. The Kier molecular flexibility index (Phi) is 4.13. The number of rotatable bonds is 2. The van der Waals surface area contributed by atoms with Gasteiger partial charge in [-0.15, -0.1) is 0 Å². The van der Waals surface area contributed by atoms with Gasteiger partial charge in [-0.2, -0.15) is 4.39 Å². The summed E-state index contributed by atoms with van der Waals surface area (Å²) in [5.74, 6) is 0. The molecule has 0 atom stereocenters. The lowest BCUT2D eigenvalue weighted by molar-refractivity contribution is 0.246. The summed E-state index contributed by atoms with van der Waals surface area (Å²) >= 11 is 2.92. The van der Waals surface area contributed by atoms with Crippen molar-refractivity contribution in [2.45, 2.75) is 19.4 Å². The Morgan fingerprint density at radius 1 is 1.19 bits per heavy atom. The second kappa shape index (κ2) is 5.60. The van der Waals surface area contributed by atoms with Gasteiger partial charge in [0.15, 0.2) is 4.74 Å². The molecule has 1 aromatic rings. The van der Waals surface area contributed by atoms with Crippen molar-refractivity contribution in [1.82, 2.24) is 4.90 Å². The van der Waals surface area contributed by atoms with Crippen LogP contribution in [0.3, 0.4) is 0 Å². The van der Waals surface area contributed by atoms with Gasteiger partial charge in [0, 0.05) is 19.6 Å². The molecule has 0 bridgehead atoms. The Bertz CT molecular complexity index is 361. The first-order valence-electron chi connectivity index (χ1n) is 5.55. The van der Waals surface area contributed by atoms with Crippen LogP contribution in [0.2, 0.25) is 0 Å². The van der Waals surface area contributed by atoms with Crippen molar-refractivity contribution >= 4 is 15.9 Å². The van der Waals surface area contributed by atoms with Crippen molar-refractivity contribution in [3.63, 3.8) is 0 Å². The fourth-order valence-corrected chi connectivity index (χ4v) is 2.41. The average molecular weight is 284 g/mol. The highest BCUT2D eigenvalue weighted by molar-refractivity contribution is 9.11. The minimum absolute atomic E-state index is 0.160. The highest BCUT2D eigenvalue weighted by atomic mass is 79.9. The van der Waals surface area contributed by atoms with Crippen LogP contribution in [0.25, 0.3) is 0 Å². The van der Waals surface area contributed by atoms with Crippen molar-refractivity contribution in [2.75, 3.05) is 13.1 Å². The molecule has 1 aliphatic rings. The maximum absolute atomic E-state index is 12.9. The average Bonchev–Trinajstić information content (AvgIpc) is 2.31. The van der Waals surface area contributed by atoms with Gasteiger partial charge in [0.1, 0.15) is 0 Å². The van der Waals surface area contributed by atoms with E-state index in [9.17, 15) is 4.39 Å². The van der Waals surface area contributed by atoms with Crippen molar-refractivity contribution < 1.29 is 4.39 Å². The predicted octanol–water partition coefficient (Wildman–Crippen LogP) is 3.86. The Balaban J connectivity index is 1.89. The minimum Gasteiger partial charge on any atom is -0.298 e. The van der Waals surface area contributed by atoms with E-state index in [1.807, 2.05) is 6.07 Å². The lowest BCUT2D eigenvalue weighted by Crippen LogP contribution is -2.30. The van der Waals surface area contributed by atoms with E-state index < -0.39 is 0 Å². The SMILES string of the molecule is FC(Br)=C1CCN(Cc2ccccc2)CC1. The first kappa shape index (κ1) is 11.8. The molecule has 1 aromatic carbocycles. The summed E-state index contributed by atoms with van der Waals surface area (Å²) in [5, 5.41) is 0. The maximum atomic E-state index is 12.9. The normalized spacial score (nSPS) is 17.5. The standard InChI is InChI=1S/C13H15BrFN/c14-13(15)12-6-8-16(9-7-12)10-11-4-2-1-3-5-11/h1-5H,6-10H2. The van der Waals surface area contributed by atoms with Crippen LogP contribution in [-0.4, -0.2) is 18.0 Å². The third-order valence-corrected chi connectivity index (χ3v) is 3.54. The molecule has 1 heterocycles. The first-order chi connectivity index (χ1) is 7.75. The molecule has 1 aliphatic heterocycles. The zero-order chi connectivity index (χ0) is 11.4. The van der Waals surface area contributed by atoms with Gasteiger partial charge in [-0.25, -0.2) is 0 Å². The second-order valence-corrected chi connectivity index (χ2v) is 4.82. The van der Waals surface area contributed by atoms with E-state index in [0.29, 0.717) is 0 Å². The van der Waals surface area contributed by atoms with Gasteiger partial charge >= 0.3 is 0 Å². The van der Waals surface area contributed by atoms with Gasteiger partial charge in [0.05, 0.1) is 0 Å². The summed E-state index contributed by atoms with van der Waals surface area (Å²) in [4.78, 5) is 2.37. The van der Waals surface area contributed by atoms with Crippen molar-refractivity contribution in [1.29, 1.82) is 0 Å². The monoisotopic (exact) mass is 283 g/mol. The third-order valence-electron chi connectivity index (χ3n) is 2.98. The van der Waals surface area contributed by atoms with E-state index in [1.165, 1.54) is 5.56 Å². The highest BCUT2D eigenvalue weighted by Crippen LogP contribution is 2.24. The fraction of sp³-hybridized carbons (Fsp3) is 0.385. The molecule has 16 heavy (non-hydrogen) atoms. The van der Waals surface area contributed by atoms with Crippen molar-refractivity contribution in [3.05, 3.63) is 46.2 Å². The number of hydrogen-bond donors (Lipinski definition) is 0. The van der Waals surface area contributed by atoms with E-state index in [-0.39, 0.29) is 4.74 Å². The van der Waals surface area contributed by atoms with E-state index >= 15 is 0 Å². The van der Waals surface area contributed by atoms with Crippen molar-refractivity contribution in [2.24, 2.45) is 0 Å². The molecule has 0 amide bonds. The zero-order valence-corrected chi connectivity index (χ0v) is 10.7. The number of halogens is 2. The van der Waals surface area contributed by atoms with Gasteiger partial charge < -0.3 is 0 Å². The van der Waals surface area contributed by atoms with Gasteiger partial charge in [0.2, 0.25) is 0 Å². The van der Waals surface area contributed by atoms with E-state index in [2.05, 4.69) is 45.1 Å². The summed E-state index contributed by atoms with van der Waals surface area (Å²) in [5.41, 5.74) is 2.25. The van der Waals surface area contributed by atoms with Crippen molar-refractivity contribution in [3.8, 4) is 0 Å². The number of hydrogen-bond acceptors (Lipinski definition) is 1. The van der Waals surface area contributed by atoms with Crippen LogP contribution in [0.5, 0.6) is 0 Å². The molecule has 0 saturated carbocycles. The summed E-state index contributed by atoms with van der Waals surface area (Å²) in [7, 11) is 0. The largest absolute Gasteiger partial charge is 0.298 e. The van der Waals surface area contributed by atoms with Crippen LogP contribution in [0.4, 0.5) is 4.39 Å². The quantitative estimate of drug-likeness (QED) is 0.797. The Morgan fingerprint density at radius 3 is 2.38 bits per heavy atom. The summed E-state index contributed by atoms with van der Waals surface area (Å²) in [6, 6.07) is 10.4. The minimum atomic E-state index is -0.160. The topological polar surface area (TPSA) is 3.24 Å². The summed E-state index contributed by atoms with van der Waals surface area (Å²) in [6.07, 6.45) is 1.67. The molecular formula is C13H15BrFN. The van der Waals surface area contributed by atoms with Gasteiger partial charge in [-0.3, -0.25) is 4.90 Å². The fourth-order valence-electron chi connectivity index (χ4n) is 2.01. The van der Waals surface area contributed by atoms with Gasteiger partial charge in [0.25, 0.3) is 0 Å². The Hall–Kier alpha value is -0.670. The molecule has 0 aliphatic carbocycles. The molecule has 1 nitrogen and oxygen atoms in total. The van der Waals surface area contributed by atoms with Gasteiger partial charge in [-0.1, -0.05) is 30.3 Å². The van der Waals surface area contributed by atoms with Crippen LogP contribution in [0.15, 0.2) is 40.6 Å². The molecule has 0 unspecified atom stereocenters. The van der Waals surface area contributed by atoms with Crippen LogP contribution < -0.4 is 0 Å². The second-order valence-electron chi connectivity index (χ2n) is 4.13. The molecule has 0 aromatic heterocycles. The third kappa shape index (κ3) is 3.16. The molecule has 3 heteroatoms. The van der Waals surface area contributed by atoms with E-state index in [1.54, 1.807) is 0 Å². The Labute approximate surface area is 104 Å². The maximum Gasteiger partial charge on any atom is 0.164 e. The number of benzene rings is 1. The highest BCUT2D eigenvalue weighted by Gasteiger charge is 2.16. The lowest BCUT2D eigenvalue weighted by atomic mass is 10.1. The molecule has 1 fully saturated rings. The van der Waals surface area contributed by atoms with Gasteiger partial charge in [-0.05, 0) is 39.9 Å². The van der Waals surface area contributed by atoms with Crippen LogP contribution in [0.1, 0.15) is 18.4 Å². The number of piperidine rings is 1. The molecule has 86 valence electrons. The molecule has 1 saturated heterocycles. The smallest absolute Gasteiger partial charge is 0.164 e.